The maximum Gasteiger partial charge on any atom is 0.00652 e. The highest BCUT2D eigenvalue weighted by Crippen LogP contribution is 2.27. The van der Waals surface area contributed by atoms with Crippen molar-refractivity contribution < 1.29 is 0 Å². The Morgan fingerprint density at radius 2 is 0.873 bits per heavy atom. The Morgan fingerprint density at radius 3 is 1.00 bits per heavy atom. The van der Waals surface area contributed by atoms with Crippen LogP contribution >= 0.6 is 0 Å². The van der Waals surface area contributed by atoms with Gasteiger partial charge in [-0.25, -0.2) is 0 Å². The standard InChI is InChI=1S/C8H17N.2C5H11N.2C5H13N.C4H9N.2C4H11N.C3H9N.C2H7N/c1-9-7-8-5-3-2-4-6-8;1-6-4-5-2-3-5;1-6-5-3-2-4-5;1-5(2)4-6-3;1-3-4-5-6-2;1-5-4-2-3-4;1-4(2)5-3;1-3-4-5-2;1-3-4-2;1-3-2/h8-9H,2-7H2,1H3;2*5-6H,2-4H2,1H3;5-6H,4H2,1-3H3;6H,3-5H2,1-2H3;4-5H,2-3H2,1H3;4-5H,1-3H3;5H,3-4H2,1-2H3;4H,3H2,1-2H3;3H,1-2H3. The summed E-state index contributed by atoms with van der Waals surface area (Å²) in [4.78, 5) is 0. The lowest BCUT2D eigenvalue weighted by Crippen LogP contribution is -2.31. The average Bonchev–Trinajstić information content (AvgIpc) is 4.10. The molecule has 4 fully saturated rings. The van der Waals surface area contributed by atoms with E-state index >= 15 is 0 Å². The van der Waals surface area contributed by atoms with Gasteiger partial charge in [-0.2, -0.15) is 0 Å². The second-order valence-corrected chi connectivity index (χ2v) is 15.7. The number of hydrogen-bond acceptors (Lipinski definition) is 10. The van der Waals surface area contributed by atoms with Gasteiger partial charge in [-0.15, -0.1) is 0 Å². The summed E-state index contributed by atoms with van der Waals surface area (Å²) < 4.78 is 0. The molecule has 342 valence electrons. The van der Waals surface area contributed by atoms with Gasteiger partial charge in [-0.1, -0.05) is 80.6 Å². The quantitative estimate of drug-likeness (QED) is 0.0823. The normalized spacial score (nSPS) is 15.3. The predicted molar refractivity (Wildman–Crippen MR) is 257 cm³/mol. The first-order chi connectivity index (χ1) is 26.4. The fraction of sp³-hybridized carbons (Fsp3) is 1.00. The van der Waals surface area contributed by atoms with Gasteiger partial charge in [-0.05, 0) is 199 Å². The van der Waals surface area contributed by atoms with Crippen molar-refractivity contribution in [2.45, 2.75) is 163 Å². The van der Waals surface area contributed by atoms with Crippen molar-refractivity contribution in [3.8, 4) is 0 Å². The Labute approximate surface area is 349 Å². The minimum atomic E-state index is 0.634. The van der Waals surface area contributed by atoms with Gasteiger partial charge in [-0.3, -0.25) is 0 Å². The minimum Gasteiger partial charge on any atom is -0.323 e. The molecule has 0 spiro atoms. The highest BCUT2D eigenvalue weighted by atomic mass is 14.9. The Balaban J connectivity index is -0.000000123. The summed E-state index contributed by atoms with van der Waals surface area (Å²) in [6, 6.07) is 2.38. The van der Waals surface area contributed by atoms with Crippen molar-refractivity contribution in [2.75, 3.05) is 117 Å². The predicted octanol–water partition coefficient (Wildman–Crippen LogP) is 6.69. The van der Waals surface area contributed by atoms with Gasteiger partial charge in [0.25, 0.3) is 0 Å². The van der Waals surface area contributed by atoms with E-state index in [9.17, 15) is 0 Å². The van der Waals surface area contributed by atoms with E-state index in [1.165, 1.54) is 109 Å². The SMILES string of the molecule is CCCCNC.CCCNC.CCNC.CNC.CNC(C)C.CNC1CC1.CNC1CCC1.CNCC(C)C.CNCC1CC1.CNCC1CCCCC1. The zero-order valence-electron chi connectivity index (χ0n) is 41.3. The molecule has 0 radical (unpaired) electrons. The molecule has 0 aromatic rings. The second kappa shape index (κ2) is 62.8. The molecular formula is C45H112N10. The summed E-state index contributed by atoms with van der Waals surface area (Å²) in [5.74, 6) is 2.81. The van der Waals surface area contributed by atoms with Crippen molar-refractivity contribution in [1.82, 2.24) is 53.2 Å². The summed E-state index contributed by atoms with van der Waals surface area (Å²) >= 11 is 0. The molecule has 4 rings (SSSR count). The van der Waals surface area contributed by atoms with Crippen molar-refractivity contribution in [1.29, 1.82) is 0 Å². The van der Waals surface area contributed by atoms with E-state index in [1.54, 1.807) is 0 Å². The lowest BCUT2D eigenvalue weighted by molar-refractivity contribution is 0.350. The van der Waals surface area contributed by atoms with Gasteiger partial charge >= 0.3 is 0 Å². The highest BCUT2D eigenvalue weighted by Gasteiger charge is 2.19. The summed E-state index contributed by atoms with van der Waals surface area (Å²) in [6.07, 6.45) is 21.1. The van der Waals surface area contributed by atoms with Crippen molar-refractivity contribution in [2.24, 2.45) is 17.8 Å². The number of unbranched alkanes of at least 4 members (excludes halogenated alkanes) is 1. The molecular weight excluding hydrogens is 681 g/mol. The van der Waals surface area contributed by atoms with Gasteiger partial charge in [0.05, 0.1) is 0 Å². The molecule has 0 aromatic heterocycles. The number of rotatable bonds is 15. The van der Waals surface area contributed by atoms with Crippen LogP contribution in [0.25, 0.3) is 0 Å². The summed E-state index contributed by atoms with van der Waals surface area (Å²) in [5.41, 5.74) is 0. The topological polar surface area (TPSA) is 120 Å². The Hall–Kier alpha value is -0.400. The van der Waals surface area contributed by atoms with E-state index in [0.29, 0.717) is 6.04 Å². The third-order valence-electron chi connectivity index (χ3n) is 8.73. The largest absolute Gasteiger partial charge is 0.323 e. The average molecular weight is 793 g/mol. The third kappa shape index (κ3) is 86.6. The molecule has 55 heavy (non-hydrogen) atoms. The highest BCUT2D eigenvalue weighted by molar-refractivity contribution is 4.78. The third-order valence-corrected chi connectivity index (χ3v) is 8.73. The van der Waals surface area contributed by atoms with Crippen LogP contribution in [0, 0.1) is 17.8 Å². The maximum absolute atomic E-state index is 3.24. The van der Waals surface area contributed by atoms with Gasteiger partial charge in [0.15, 0.2) is 0 Å². The van der Waals surface area contributed by atoms with Gasteiger partial charge in [0.2, 0.25) is 0 Å². The Morgan fingerprint density at radius 1 is 0.455 bits per heavy atom. The monoisotopic (exact) mass is 793 g/mol. The minimum absolute atomic E-state index is 0.634. The first-order valence-electron chi connectivity index (χ1n) is 22.9. The van der Waals surface area contributed by atoms with E-state index in [0.717, 1.165) is 56.0 Å². The van der Waals surface area contributed by atoms with E-state index in [2.05, 4.69) is 109 Å². The Bertz CT molecular complexity index is 546. The molecule has 4 aliphatic carbocycles. The van der Waals surface area contributed by atoms with Crippen LogP contribution in [0.2, 0.25) is 0 Å². The zero-order valence-corrected chi connectivity index (χ0v) is 41.3. The van der Waals surface area contributed by atoms with Crippen molar-refractivity contribution >= 4 is 0 Å². The molecule has 4 aliphatic rings. The smallest absolute Gasteiger partial charge is 0.00652 e. The fourth-order valence-electron chi connectivity index (χ4n) is 4.37. The molecule has 4 saturated carbocycles. The summed E-state index contributed by atoms with van der Waals surface area (Å²) in [6.45, 7) is 22.0. The molecule has 0 aromatic carbocycles. The van der Waals surface area contributed by atoms with E-state index in [4.69, 9.17) is 0 Å². The van der Waals surface area contributed by atoms with Crippen molar-refractivity contribution in [3.63, 3.8) is 0 Å². The molecule has 0 amide bonds. The molecule has 0 aliphatic heterocycles. The molecule has 0 atom stereocenters. The molecule has 10 heteroatoms. The maximum atomic E-state index is 3.24. The van der Waals surface area contributed by atoms with Gasteiger partial charge in [0.1, 0.15) is 0 Å². The van der Waals surface area contributed by atoms with Gasteiger partial charge < -0.3 is 53.2 Å². The molecule has 10 nitrogen and oxygen atoms in total. The van der Waals surface area contributed by atoms with Crippen molar-refractivity contribution in [3.05, 3.63) is 0 Å². The van der Waals surface area contributed by atoms with E-state index in [1.807, 2.05) is 70.5 Å². The van der Waals surface area contributed by atoms with Gasteiger partial charge in [0, 0.05) is 18.1 Å². The molecule has 0 saturated heterocycles. The molecule has 10 N–H and O–H groups in total. The number of hydrogen-bond donors (Lipinski definition) is 10. The lowest BCUT2D eigenvalue weighted by atomic mass is 9.89. The van der Waals surface area contributed by atoms with E-state index in [-0.39, 0.29) is 0 Å². The van der Waals surface area contributed by atoms with E-state index < -0.39 is 0 Å². The van der Waals surface area contributed by atoms with Crippen LogP contribution in [0.4, 0.5) is 0 Å². The van der Waals surface area contributed by atoms with Crippen LogP contribution in [0.15, 0.2) is 0 Å². The molecule has 0 unspecified atom stereocenters. The Kier molecular flexibility index (Phi) is 75.8. The zero-order chi connectivity index (χ0) is 43.4. The lowest BCUT2D eigenvalue weighted by Gasteiger charge is -2.23. The fourth-order valence-corrected chi connectivity index (χ4v) is 4.37. The first-order valence-corrected chi connectivity index (χ1v) is 22.9. The number of nitrogens with one attached hydrogen (secondary N) is 10. The summed E-state index contributed by atoms with van der Waals surface area (Å²) in [7, 11) is 21.7. The summed E-state index contributed by atoms with van der Waals surface area (Å²) in [5, 5.41) is 30.6. The first kappa shape index (κ1) is 66.4. The van der Waals surface area contributed by atoms with Crippen LogP contribution in [-0.4, -0.2) is 135 Å². The van der Waals surface area contributed by atoms with Crippen LogP contribution in [-0.2, 0) is 0 Å². The molecule has 0 heterocycles. The molecule has 0 bridgehead atoms. The van der Waals surface area contributed by atoms with Crippen LogP contribution < -0.4 is 53.2 Å². The second-order valence-electron chi connectivity index (χ2n) is 15.7. The van der Waals surface area contributed by atoms with Crippen LogP contribution in [0.3, 0.4) is 0 Å². The van der Waals surface area contributed by atoms with Crippen LogP contribution in [0.1, 0.15) is 145 Å². The van der Waals surface area contributed by atoms with Crippen LogP contribution in [0.5, 0.6) is 0 Å².